The van der Waals surface area contributed by atoms with E-state index in [0.717, 1.165) is 0 Å². The van der Waals surface area contributed by atoms with Crippen LogP contribution in [0.5, 0.6) is 0 Å². The van der Waals surface area contributed by atoms with Gasteiger partial charge in [0.2, 0.25) is 0 Å². The van der Waals surface area contributed by atoms with Crippen molar-refractivity contribution in [1.82, 2.24) is 0 Å². The lowest BCUT2D eigenvalue weighted by molar-refractivity contribution is -0.126. The van der Waals surface area contributed by atoms with Gasteiger partial charge in [-0.15, -0.1) is 0 Å². The lowest BCUT2D eigenvalue weighted by Crippen LogP contribution is -2.25. The summed E-state index contributed by atoms with van der Waals surface area (Å²) in [7, 11) is 0. The second-order valence-electron chi connectivity index (χ2n) is 3.17. The average Bonchev–Trinajstić information content (AvgIpc) is 2.52. The molecule has 1 fully saturated rings. The Hall–Kier alpha value is -0.280. The number of aliphatic hydroxyl groups excluding tert-OH is 5. The van der Waals surface area contributed by atoms with E-state index in [1.54, 1.807) is 0 Å². The topological polar surface area (TPSA) is 131 Å². The Kier molecular flexibility index (Phi) is 7.79. The van der Waals surface area contributed by atoms with Gasteiger partial charge in [-0.2, -0.15) is 0 Å². The van der Waals surface area contributed by atoms with Crippen LogP contribution >= 0.6 is 0 Å². The van der Waals surface area contributed by atoms with Gasteiger partial charge in [-0.05, 0) is 0 Å². The van der Waals surface area contributed by atoms with Crippen LogP contribution in [0.1, 0.15) is 6.42 Å². The van der Waals surface area contributed by atoms with Gasteiger partial charge in [0, 0.05) is 13.0 Å². The van der Waals surface area contributed by atoms with Crippen molar-refractivity contribution in [3.05, 3.63) is 0 Å². The van der Waals surface area contributed by atoms with Gasteiger partial charge in [0.15, 0.2) is 6.29 Å². The fourth-order valence-corrected chi connectivity index (χ4v) is 0.813. The zero-order chi connectivity index (χ0) is 11.8. The summed E-state index contributed by atoms with van der Waals surface area (Å²) in [6, 6.07) is 0. The molecule has 7 heteroatoms. The summed E-state index contributed by atoms with van der Waals surface area (Å²) in [5.41, 5.74) is 0. The number of hydrogen-bond acceptors (Lipinski definition) is 7. The molecule has 7 nitrogen and oxygen atoms in total. The van der Waals surface area contributed by atoms with Crippen molar-refractivity contribution in [3.63, 3.8) is 0 Å². The molecule has 92 valence electrons. The maximum absolute atomic E-state index is 8.62. The molecule has 1 saturated heterocycles. The van der Waals surface area contributed by atoms with E-state index in [-0.39, 0.29) is 26.2 Å². The zero-order valence-corrected chi connectivity index (χ0v) is 8.23. The second kappa shape index (κ2) is 7.94. The molecule has 3 unspecified atom stereocenters. The Bertz CT molecular complexity index is 144. The molecule has 1 aliphatic rings. The molecule has 0 aromatic carbocycles. The lowest BCUT2D eigenvalue weighted by atomic mass is 10.2. The normalized spacial score (nSPS) is 27.4. The molecule has 0 bridgehead atoms. The molecular formula is C8H18O7. The minimum absolute atomic E-state index is 0.00231. The maximum Gasteiger partial charge on any atom is 0.178 e. The van der Waals surface area contributed by atoms with E-state index in [0.29, 0.717) is 0 Å². The molecule has 0 aromatic heterocycles. The van der Waals surface area contributed by atoms with Crippen LogP contribution in [0, 0.1) is 0 Å². The Morgan fingerprint density at radius 3 is 1.67 bits per heavy atom. The highest BCUT2D eigenvalue weighted by molar-refractivity contribution is 4.71. The van der Waals surface area contributed by atoms with Crippen molar-refractivity contribution in [2.75, 3.05) is 19.8 Å². The van der Waals surface area contributed by atoms with E-state index in [1.165, 1.54) is 0 Å². The first-order chi connectivity index (χ1) is 6.99. The first kappa shape index (κ1) is 14.7. The molecule has 1 heterocycles. The van der Waals surface area contributed by atoms with Gasteiger partial charge in [0.1, 0.15) is 18.3 Å². The highest BCUT2D eigenvalue weighted by Gasteiger charge is 2.22. The van der Waals surface area contributed by atoms with Crippen LogP contribution in [-0.2, 0) is 4.74 Å². The molecule has 0 aromatic rings. The predicted octanol–water partition coefficient (Wildman–Crippen LogP) is -3.22. The van der Waals surface area contributed by atoms with Crippen molar-refractivity contribution in [3.8, 4) is 0 Å². The lowest BCUT2D eigenvalue weighted by Gasteiger charge is -2.08. The van der Waals surface area contributed by atoms with Crippen LogP contribution < -0.4 is 0 Å². The smallest absolute Gasteiger partial charge is 0.178 e. The molecule has 1 aliphatic heterocycles. The first-order valence-corrected chi connectivity index (χ1v) is 4.58. The van der Waals surface area contributed by atoms with Crippen LogP contribution in [0.4, 0.5) is 0 Å². The molecule has 1 rings (SSSR count). The molecule has 0 aliphatic carbocycles. The number of hydrogen-bond donors (Lipinski definition) is 6. The largest absolute Gasteiger partial charge is 0.396 e. The van der Waals surface area contributed by atoms with E-state index in [2.05, 4.69) is 4.74 Å². The van der Waals surface area contributed by atoms with Crippen molar-refractivity contribution in [2.24, 2.45) is 0 Å². The minimum Gasteiger partial charge on any atom is -0.396 e. The second-order valence-corrected chi connectivity index (χ2v) is 3.17. The molecular weight excluding hydrogens is 208 g/mol. The molecule has 6 N–H and O–H groups in total. The van der Waals surface area contributed by atoms with Gasteiger partial charge in [0.05, 0.1) is 13.2 Å². The van der Waals surface area contributed by atoms with Crippen molar-refractivity contribution < 1.29 is 35.4 Å². The van der Waals surface area contributed by atoms with Gasteiger partial charge >= 0.3 is 0 Å². The van der Waals surface area contributed by atoms with Gasteiger partial charge in [0.25, 0.3) is 0 Å². The van der Waals surface area contributed by atoms with E-state index < -0.39 is 24.6 Å². The van der Waals surface area contributed by atoms with Gasteiger partial charge < -0.3 is 35.4 Å². The van der Waals surface area contributed by atoms with Crippen LogP contribution in [0.15, 0.2) is 0 Å². The molecule has 0 amide bonds. The van der Waals surface area contributed by atoms with Crippen molar-refractivity contribution in [2.45, 2.75) is 31.0 Å². The maximum atomic E-state index is 8.62. The summed E-state index contributed by atoms with van der Waals surface area (Å²) in [5.74, 6) is 0. The summed E-state index contributed by atoms with van der Waals surface area (Å²) >= 11 is 0. The van der Waals surface area contributed by atoms with Gasteiger partial charge in [-0.1, -0.05) is 0 Å². The fraction of sp³-hybridized carbons (Fsp3) is 1.00. The summed E-state index contributed by atoms with van der Waals surface area (Å²) in [5, 5.41) is 50.1. The molecule has 0 radical (unpaired) electrons. The van der Waals surface area contributed by atoms with Gasteiger partial charge in [-0.25, -0.2) is 0 Å². The molecule has 0 saturated carbocycles. The summed E-state index contributed by atoms with van der Waals surface area (Å²) in [6.07, 6.45) is -4.26. The van der Waals surface area contributed by atoms with Crippen molar-refractivity contribution >= 4 is 0 Å². The Labute approximate surface area is 87.2 Å². The van der Waals surface area contributed by atoms with Gasteiger partial charge in [-0.3, -0.25) is 0 Å². The van der Waals surface area contributed by atoms with Crippen LogP contribution in [0.25, 0.3) is 0 Å². The average molecular weight is 226 g/mol. The Morgan fingerprint density at radius 1 is 1.07 bits per heavy atom. The fourth-order valence-electron chi connectivity index (χ4n) is 0.813. The third-order valence-electron chi connectivity index (χ3n) is 1.79. The highest BCUT2D eigenvalue weighted by atomic mass is 16.5. The standard InChI is InChI=1S/C4H10O4.C4H8O3/c5-2-1-3(6)4(7)8;5-3-1-7-2-4(3)6/h3-8H,1-2H2;3-6H,1-2H2. The predicted molar refractivity (Wildman–Crippen MR) is 48.8 cm³/mol. The molecule has 0 spiro atoms. The summed E-state index contributed by atoms with van der Waals surface area (Å²) in [4.78, 5) is 0. The van der Waals surface area contributed by atoms with E-state index in [9.17, 15) is 0 Å². The number of rotatable bonds is 3. The number of ether oxygens (including phenoxy) is 1. The monoisotopic (exact) mass is 226 g/mol. The summed E-state index contributed by atoms with van der Waals surface area (Å²) < 4.78 is 4.67. The third kappa shape index (κ3) is 6.74. The van der Waals surface area contributed by atoms with E-state index in [1.807, 2.05) is 0 Å². The molecule has 15 heavy (non-hydrogen) atoms. The summed E-state index contributed by atoms with van der Waals surface area (Å²) in [6.45, 7) is 0.321. The highest BCUT2D eigenvalue weighted by Crippen LogP contribution is 2.02. The van der Waals surface area contributed by atoms with Crippen LogP contribution in [0.3, 0.4) is 0 Å². The SMILES string of the molecule is OC1COCC1O.OCCC(O)C(O)O. The minimum atomic E-state index is -1.73. The first-order valence-electron chi connectivity index (χ1n) is 4.58. The van der Waals surface area contributed by atoms with Crippen LogP contribution in [0.2, 0.25) is 0 Å². The Balaban J connectivity index is 0.000000262. The third-order valence-corrected chi connectivity index (χ3v) is 1.79. The number of aliphatic hydroxyl groups is 6. The van der Waals surface area contributed by atoms with Crippen molar-refractivity contribution in [1.29, 1.82) is 0 Å². The quantitative estimate of drug-likeness (QED) is 0.279. The van der Waals surface area contributed by atoms with Crippen LogP contribution in [-0.4, -0.2) is 75.1 Å². The zero-order valence-electron chi connectivity index (χ0n) is 8.23. The molecule has 3 atom stereocenters. The Morgan fingerprint density at radius 2 is 1.53 bits per heavy atom. The van der Waals surface area contributed by atoms with E-state index >= 15 is 0 Å². The van der Waals surface area contributed by atoms with E-state index in [4.69, 9.17) is 30.6 Å².